The molecule has 0 amide bonds. The number of hydrogen-bond donors (Lipinski definition) is 1. The Labute approximate surface area is 92.5 Å². The van der Waals surface area contributed by atoms with Gasteiger partial charge in [-0.2, -0.15) is 0 Å². The van der Waals surface area contributed by atoms with Gasteiger partial charge in [0.25, 0.3) is 0 Å². The van der Waals surface area contributed by atoms with Gasteiger partial charge in [-0.25, -0.2) is 0 Å². The molecule has 4 heteroatoms. The van der Waals surface area contributed by atoms with Crippen LogP contribution in [0.3, 0.4) is 0 Å². The Morgan fingerprint density at radius 3 is 2.07 bits per heavy atom. The molecule has 4 nitrogen and oxygen atoms in total. The van der Waals surface area contributed by atoms with Crippen molar-refractivity contribution >= 4 is 0 Å². The first-order valence-electron chi connectivity index (χ1n) is 5.30. The minimum atomic E-state index is -0.531. The zero-order chi connectivity index (χ0) is 11.9. The van der Waals surface area contributed by atoms with Crippen molar-refractivity contribution in [3.8, 4) is 0 Å². The summed E-state index contributed by atoms with van der Waals surface area (Å²) < 4.78 is 15.6. The van der Waals surface area contributed by atoms with Gasteiger partial charge in [-0.3, -0.25) is 0 Å². The Kier molecular flexibility index (Phi) is 7.09. The molecule has 0 radical (unpaired) electrons. The molecule has 0 bridgehead atoms. The summed E-state index contributed by atoms with van der Waals surface area (Å²) in [5.41, 5.74) is 0. The number of aliphatic hydroxyl groups is 1. The Hall–Kier alpha value is -0.160. The molecule has 2 atom stereocenters. The van der Waals surface area contributed by atoms with Gasteiger partial charge in [-0.1, -0.05) is 0 Å². The smallest absolute Gasteiger partial charge is 0.164 e. The molecule has 0 saturated heterocycles. The van der Waals surface area contributed by atoms with Crippen molar-refractivity contribution < 1.29 is 19.3 Å². The van der Waals surface area contributed by atoms with E-state index in [-0.39, 0.29) is 6.10 Å². The lowest BCUT2D eigenvalue weighted by Crippen LogP contribution is -2.31. The van der Waals surface area contributed by atoms with Crippen LogP contribution in [0, 0.1) is 0 Å². The molecular formula is C11H24O4. The molecular weight excluding hydrogens is 196 g/mol. The first-order valence-corrected chi connectivity index (χ1v) is 5.30. The van der Waals surface area contributed by atoms with Gasteiger partial charge in [0.1, 0.15) is 0 Å². The third-order valence-corrected chi connectivity index (χ3v) is 2.82. The Bertz CT molecular complexity index is 155. The fourth-order valence-electron chi connectivity index (χ4n) is 1.47. The molecule has 0 fully saturated rings. The van der Waals surface area contributed by atoms with E-state index in [0.29, 0.717) is 0 Å². The van der Waals surface area contributed by atoms with Gasteiger partial charge in [-0.05, 0) is 26.7 Å². The average molecular weight is 220 g/mol. The summed E-state index contributed by atoms with van der Waals surface area (Å²) in [5.74, 6) is -0.531. The van der Waals surface area contributed by atoms with Crippen LogP contribution in [0.1, 0.15) is 33.1 Å². The van der Waals surface area contributed by atoms with E-state index in [1.54, 1.807) is 28.3 Å². The molecule has 0 spiro atoms. The van der Waals surface area contributed by atoms with Crippen LogP contribution in [0.5, 0.6) is 0 Å². The van der Waals surface area contributed by atoms with Crippen LogP contribution in [-0.2, 0) is 14.2 Å². The highest BCUT2D eigenvalue weighted by molar-refractivity contribution is 4.68. The second-order valence-corrected chi connectivity index (χ2v) is 3.95. The van der Waals surface area contributed by atoms with Gasteiger partial charge in [0, 0.05) is 27.8 Å². The standard InChI is InChI=1S/C11H24O4/c1-9(12)10(13-3)7-6-8-11(2,14-4)15-5/h9-10,12H,6-8H2,1-5H3. The van der Waals surface area contributed by atoms with Crippen LogP contribution < -0.4 is 0 Å². The second-order valence-electron chi connectivity index (χ2n) is 3.95. The third kappa shape index (κ3) is 5.47. The van der Waals surface area contributed by atoms with E-state index < -0.39 is 11.9 Å². The summed E-state index contributed by atoms with van der Waals surface area (Å²) in [6.07, 6.45) is 1.93. The summed E-state index contributed by atoms with van der Waals surface area (Å²) in [6.45, 7) is 3.64. The predicted molar refractivity (Wildman–Crippen MR) is 58.8 cm³/mol. The first kappa shape index (κ1) is 14.8. The van der Waals surface area contributed by atoms with Crippen molar-refractivity contribution in [1.29, 1.82) is 0 Å². The van der Waals surface area contributed by atoms with Crippen LogP contribution in [0.4, 0.5) is 0 Å². The molecule has 0 aromatic carbocycles. The molecule has 0 rings (SSSR count). The maximum Gasteiger partial charge on any atom is 0.164 e. The molecule has 2 unspecified atom stereocenters. The lowest BCUT2D eigenvalue weighted by atomic mass is 10.0. The number of methoxy groups -OCH3 is 3. The van der Waals surface area contributed by atoms with Gasteiger partial charge >= 0.3 is 0 Å². The Morgan fingerprint density at radius 2 is 1.73 bits per heavy atom. The molecule has 0 aliphatic carbocycles. The fraction of sp³-hybridized carbons (Fsp3) is 1.00. The Morgan fingerprint density at radius 1 is 1.20 bits per heavy atom. The van der Waals surface area contributed by atoms with Crippen molar-refractivity contribution in [3.05, 3.63) is 0 Å². The predicted octanol–water partition coefficient (Wildman–Crippen LogP) is 1.56. The number of rotatable bonds is 8. The van der Waals surface area contributed by atoms with Crippen LogP contribution >= 0.6 is 0 Å². The van der Waals surface area contributed by atoms with Crippen molar-refractivity contribution in [2.24, 2.45) is 0 Å². The molecule has 0 aromatic rings. The molecule has 0 aromatic heterocycles. The molecule has 0 aliphatic heterocycles. The highest BCUT2D eigenvalue weighted by atomic mass is 16.7. The second kappa shape index (κ2) is 7.17. The molecule has 0 heterocycles. The highest BCUT2D eigenvalue weighted by Crippen LogP contribution is 2.20. The van der Waals surface area contributed by atoms with Gasteiger partial charge in [0.2, 0.25) is 0 Å². The maximum atomic E-state index is 9.37. The van der Waals surface area contributed by atoms with Crippen LogP contribution in [0.15, 0.2) is 0 Å². The lowest BCUT2D eigenvalue weighted by molar-refractivity contribution is -0.198. The number of ether oxygens (including phenoxy) is 3. The van der Waals surface area contributed by atoms with Crippen molar-refractivity contribution in [2.75, 3.05) is 21.3 Å². The first-order chi connectivity index (χ1) is 6.99. The zero-order valence-corrected chi connectivity index (χ0v) is 10.4. The maximum absolute atomic E-state index is 9.37. The largest absolute Gasteiger partial charge is 0.391 e. The van der Waals surface area contributed by atoms with Crippen LogP contribution in [0.25, 0.3) is 0 Å². The van der Waals surface area contributed by atoms with E-state index in [1.165, 1.54) is 0 Å². The Balaban J connectivity index is 3.85. The van der Waals surface area contributed by atoms with Gasteiger partial charge in [0.15, 0.2) is 5.79 Å². The fourth-order valence-corrected chi connectivity index (χ4v) is 1.47. The summed E-state index contributed by atoms with van der Waals surface area (Å²) in [6, 6.07) is 0. The number of hydrogen-bond acceptors (Lipinski definition) is 4. The zero-order valence-electron chi connectivity index (χ0n) is 10.4. The van der Waals surface area contributed by atoms with E-state index in [4.69, 9.17) is 14.2 Å². The lowest BCUT2D eigenvalue weighted by Gasteiger charge is -2.27. The molecule has 15 heavy (non-hydrogen) atoms. The van der Waals surface area contributed by atoms with E-state index in [2.05, 4.69) is 0 Å². The van der Waals surface area contributed by atoms with Crippen LogP contribution in [-0.4, -0.2) is 44.4 Å². The molecule has 92 valence electrons. The molecule has 0 saturated carbocycles. The molecule has 1 N–H and O–H groups in total. The van der Waals surface area contributed by atoms with Crippen LogP contribution in [0.2, 0.25) is 0 Å². The van der Waals surface area contributed by atoms with Crippen molar-refractivity contribution in [2.45, 2.75) is 51.1 Å². The number of aliphatic hydroxyl groups excluding tert-OH is 1. The van der Waals surface area contributed by atoms with E-state index in [0.717, 1.165) is 19.3 Å². The summed E-state index contributed by atoms with van der Waals surface area (Å²) in [7, 11) is 4.88. The summed E-state index contributed by atoms with van der Waals surface area (Å²) in [4.78, 5) is 0. The highest BCUT2D eigenvalue weighted by Gasteiger charge is 2.23. The normalized spacial score (nSPS) is 16.4. The summed E-state index contributed by atoms with van der Waals surface area (Å²) >= 11 is 0. The minimum Gasteiger partial charge on any atom is -0.391 e. The van der Waals surface area contributed by atoms with Crippen molar-refractivity contribution in [3.63, 3.8) is 0 Å². The summed E-state index contributed by atoms with van der Waals surface area (Å²) in [5, 5.41) is 9.37. The van der Waals surface area contributed by atoms with E-state index in [1.807, 2.05) is 6.92 Å². The van der Waals surface area contributed by atoms with Gasteiger partial charge < -0.3 is 19.3 Å². The van der Waals surface area contributed by atoms with Gasteiger partial charge in [0.05, 0.1) is 12.2 Å². The van der Waals surface area contributed by atoms with Crippen molar-refractivity contribution in [1.82, 2.24) is 0 Å². The minimum absolute atomic E-state index is 0.108. The quantitative estimate of drug-likeness (QED) is 0.631. The monoisotopic (exact) mass is 220 g/mol. The third-order valence-electron chi connectivity index (χ3n) is 2.82. The molecule has 0 aliphatic rings. The topological polar surface area (TPSA) is 47.9 Å². The average Bonchev–Trinajstić information content (AvgIpc) is 2.23. The van der Waals surface area contributed by atoms with Gasteiger partial charge in [-0.15, -0.1) is 0 Å². The van der Waals surface area contributed by atoms with E-state index >= 15 is 0 Å². The SMILES string of the molecule is COC(CCCC(C)(OC)OC)C(C)O. The van der Waals surface area contributed by atoms with E-state index in [9.17, 15) is 5.11 Å².